The van der Waals surface area contributed by atoms with Gasteiger partial charge in [0.1, 0.15) is 5.78 Å². The summed E-state index contributed by atoms with van der Waals surface area (Å²) < 4.78 is 24.8. The average Bonchev–Trinajstić information content (AvgIpc) is 2.32. The Balaban J connectivity index is 3.74. The molecule has 1 N–H and O–H groups in total. The van der Waals surface area contributed by atoms with Gasteiger partial charge in [0, 0.05) is 19.3 Å². The molecule has 0 radical (unpaired) electrons. The van der Waals surface area contributed by atoms with Crippen LogP contribution in [0.4, 0.5) is 0 Å². The summed E-state index contributed by atoms with van der Waals surface area (Å²) in [6.45, 7) is 6.48. The Morgan fingerprint density at radius 3 is 2.19 bits per heavy atom. The Labute approximate surface area is 128 Å². The maximum Gasteiger partial charge on any atom is 0.234 e. The van der Waals surface area contributed by atoms with Crippen molar-refractivity contribution in [3.63, 3.8) is 0 Å². The van der Waals surface area contributed by atoms with E-state index in [1.807, 2.05) is 30.5 Å². The highest BCUT2D eigenvalue weighted by molar-refractivity contribution is 7.90. The van der Waals surface area contributed by atoms with E-state index in [9.17, 15) is 18.0 Å². The van der Waals surface area contributed by atoms with Crippen LogP contribution in [0.3, 0.4) is 0 Å². The second-order valence-electron chi connectivity index (χ2n) is 5.71. The highest BCUT2D eigenvalue weighted by Gasteiger charge is 2.12. The molecule has 0 spiro atoms. The van der Waals surface area contributed by atoms with Gasteiger partial charge in [-0.15, -0.1) is 0 Å². The quantitative estimate of drug-likeness (QED) is 0.578. The molecule has 7 heteroatoms. The fraction of sp³-hybridized carbons (Fsp3) is 0.857. The molecule has 0 atom stereocenters. The second kappa shape index (κ2) is 9.89. The number of amides is 1. The van der Waals surface area contributed by atoms with E-state index in [0.29, 0.717) is 25.2 Å². The van der Waals surface area contributed by atoms with Crippen molar-refractivity contribution in [2.45, 2.75) is 46.5 Å². The van der Waals surface area contributed by atoms with Crippen LogP contribution in [0.15, 0.2) is 0 Å². The van der Waals surface area contributed by atoms with Crippen molar-refractivity contribution in [3.05, 3.63) is 0 Å². The fourth-order valence-electron chi connectivity index (χ4n) is 1.88. The van der Waals surface area contributed by atoms with Gasteiger partial charge in [-0.1, -0.05) is 13.8 Å². The van der Waals surface area contributed by atoms with Crippen molar-refractivity contribution in [2.75, 3.05) is 25.9 Å². The maximum atomic E-state index is 11.4. The predicted octanol–water partition coefficient (Wildman–Crippen LogP) is 1.17. The Morgan fingerprint density at radius 1 is 1.10 bits per heavy atom. The normalized spacial score (nSPS) is 11.9. The molecular formula is C14H28N2O4S. The number of Topliss-reactive ketones (excluding diaryl/α,β-unsaturated/α-hetero) is 1. The molecule has 0 aliphatic rings. The number of hydrogen-bond donors (Lipinski definition) is 1. The van der Waals surface area contributed by atoms with Crippen molar-refractivity contribution in [3.8, 4) is 0 Å². The van der Waals surface area contributed by atoms with E-state index in [1.165, 1.54) is 6.92 Å². The lowest BCUT2D eigenvalue weighted by atomic mass is 10.0. The number of sulfonamides is 1. The molecule has 0 saturated carbocycles. The summed E-state index contributed by atoms with van der Waals surface area (Å²) in [5.74, 6) is -0.220. The van der Waals surface area contributed by atoms with Gasteiger partial charge >= 0.3 is 0 Å². The third-order valence-corrected chi connectivity index (χ3v) is 4.53. The minimum Gasteiger partial charge on any atom is -0.306 e. The number of nitrogens with zero attached hydrogens (tertiary/aromatic N) is 1. The molecule has 0 aromatic rings. The molecule has 0 aromatic heterocycles. The van der Waals surface area contributed by atoms with Gasteiger partial charge in [0.2, 0.25) is 15.9 Å². The number of hydrogen-bond acceptors (Lipinski definition) is 5. The molecule has 0 saturated heterocycles. The topological polar surface area (TPSA) is 83.6 Å². The van der Waals surface area contributed by atoms with E-state index < -0.39 is 15.9 Å². The van der Waals surface area contributed by atoms with Crippen LogP contribution in [0.5, 0.6) is 0 Å². The van der Waals surface area contributed by atoms with Crippen molar-refractivity contribution >= 4 is 21.7 Å². The zero-order valence-electron chi connectivity index (χ0n) is 13.5. The minimum atomic E-state index is -3.49. The number of nitrogens with one attached hydrogen (secondary N) is 1. The number of ketones is 1. The largest absolute Gasteiger partial charge is 0.306 e. The van der Waals surface area contributed by atoms with Crippen LogP contribution in [0.2, 0.25) is 0 Å². The van der Waals surface area contributed by atoms with Crippen LogP contribution in [0.1, 0.15) is 46.5 Å². The van der Waals surface area contributed by atoms with E-state index >= 15 is 0 Å². The van der Waals surface area contributed by atoms with Crippen molar-refractivity contribution in [1.29, 1.82) is 0 Å². The third-order valence-electron chi connectivity index (χ3n) is 3.11. The van der Waals surface area contributed by atoms with Gasteiger partial charge in [-0.2, -0.15) is 0 Å². The smallest absolute Gasteiger partial charge is 0.234 e. The second-order valence-corrected chi connectivity index (χ2v) is 7.55. The number of carbonyl (C=O) groups excluding carboxylic acids is 2. The van der Waals surface area contributed by atoms with Gasteiger partial charge in [0.05, 0.1) is 5.75 Å². The molecule has 0 fully saturated rings. The third kappa shape index (κ3) is 11.4. The summed E-state index contributed by atoms with van der Waals surface area (Å²) in [5.41, 5.74) is 0. The van der Waals surface area contributed by atoms with E-state index in [-0.39, 0.29) is 11.7 Å². The maximum absolute atomic E-state index is 11.4. The average molecular weight is 320 g/mol. The molecule has 0 bridgehead atoms. The van der Waals surface area contributed by atoms with E-state index in [0.717, 1.165) is 19.4 Å². The zero-order valence-corrected chi connectivity index (χ0v) is 14.3. The van der Waals surface area contributed by atoms with Crippen LogP contribution in [0, 0.1) is 5.92 Å². The molecule has 21 heavy (non-hydrogen) atoms. The zero-order chi connectivity index (χ0) is 16.5. The van der Waals surface area contributed by atoms with Gasteiger partial charge in [0.25, 0.3) is 0 Å². The van der Waals surface area contributed by atoms with Gasteiger partial charge < -0.3 is 4.90 Å². The number of unbranched alkanes of at least 4 members (excludes halogenated alkanes) is 1. The number of carbonyl (C=O) groups is 2. The van der Waals surface area contributed by atoms with Gasteiger partial charge in [-0.05, 0) is 39.4 Å². The SMILES string of the molecule is CC(=O)NS(=O)(=O)CCCN(C)CCCCC(=O)C(C)C. The highest BCUT2D eigenvalue weighted by Crippen LogP contribution is 2.05. The molecule has 0 heterocycles. The molecule has 0 rings (SSSR count). The summed E-state index contributed by atoms with van der Waals surface area (Å²) >= 11 is 0. The molecule has 0 aromatic carbocycles. The van der Waals surface area contributed by atoms with Crippen molar-refractivity contribution in [1.82, 2.24) is 9.62 Å². The Morgan fingerprint density at radius 2 is 1.67 bits per heavy atom. The lowest BCUT2D eigenvalue weighted by Gasteiger charge is -2.16. The minimum absolute atomic E-state index is 0.0528. The van der Waals surface area contributed by atoms with Crippen LogP contribution in [0.25, 0.3) is 0 Å². The predicted molar refractivity (Wildman–Crippen MR) is 83.4 cm³/mol. The summed E-state index contributed by atoms with van der Waals surface area (Å²) in [6, 6.07) is 0. The van der Waals surface area contributed by atoms with Gasteiger partial charge in [-0.25, -0.2) is 8.42 Å². The van der Waals surface area contributed by atoms with Crippen molar-refractivity contribution < 1.29 is 18.0 Å². The Bertz CT molecular complexity index is 432. The lowest BCUT2D eigenvalue weighted by molar-refractivity contribution is -0.122. The summed E-state index contributed by atoms with van der Waals surface area (Å²) in [7, 11) is -1.57. The van der Waals surface area contributed by atoms with Crippen LogP contribution in [-0.2, 0) is 19.6 Å². The Kier molecular flexibility index (Phi) is 9.44. The first-order valence-electron chi connectivity index (χ1n) is 7.36. The van der Waals surface area contributed by atoms with Crippen LogP contribution in [-0.4, -0.2) is 50.9 Å². The molecule has 0 unspecified atom stereocenters. The van der Waals surface area contributed by atoms with E-state index in [2.05, 4.69) is 0 Å². The molecule has 1 amide bonds. The molecule has 0 aliphatic carbocycles. The fourth-order valence-corrected chi connectivity index (χ4v) is 2.93. The van der Waals surface area contributed by atoms with E-state index in [4.69, 9.17) is 0 Å². The van der Waals surface area contributed by atoms with E-state index in [1.54, 1.807) is 0 Å². The van der Waals surface area contributed by atoms with Gasteiger partial charge in [-0.3, -0.25) is 14.3 Å². The molecule has 6 nitrogen and oxygen atoms in total. The van der Waals surface area contributed by atoms with Crippen LogP contribution >= 0.6 is 0 Å². The summed E-state index contributed by atoms with van der Waals surface area (Å²) in [5, 5.41) is 0. The summed E-state index contributed by atoms with van der Waals surface area (Å²) in [6.07, 6.45) is 2.88. The Hall–Kier alpha value is -0.950. The number of rotatable bonds is 11. The standard InChI is InChI=1S/C14H28N2O4S/c1-12(2)14(18)8-5-6-9-16(4)10-7-11-21(19,20)15-13(3)17/h12H,5-11H2,1-4H3,(H,15,17). The summed E-state index contributed by atoms with van der Waals surface area (Å²) in [4.78, 5) is 24.2. The first-order chi connectivity index (χ1) is 9.64. The van der Waals surface area contributed by atoms with Crippen molar-refractivity contribution in [2.24, 2.45) is 5.92 Å². The molecular weight excluding hydrogens is 292 g/mol. The molecule has 124 valence electrons. The molecule has 0 aliphatic heterocycles. The lowest BCUT2D eigenvalue weighted by Crippen LogP contribution is -2.32. The van der Waals surface area contributed by atoms with Crippen LogP contribution < -0.4 is 4.72 Å². The highest BCUT2D eigenvalue weighted by atomic mass is 32.2. The first-order valence-corrected chi connectivity index (χ1v) is 9.01. The monoisotopic (exact) mass is 320 g/mol. The van der Waals surface area contributed by atoms with Gasteiger partial charge in [0.15, 0.2) is 0 Å². The first kappa shape index (κ1) is 20.1.